The molecule has 0 spiro atoms. The number of carbonyl (C=O) groups is 1. The minimum Gasteiger partial charge on any atom is -0.495 e. The van der Waals surface area contributed by atoms with Crippen LogP contribution in [0.15, 0.2) is 47.9 Å². The summed E-state index contributed by atoms with van der Waals surface area (Å²) in [5.41, 5.74) is 1.56. The molecular weight excluding hydrogens is 398 g/mol. The Balaban J connectivity index is 1.68. The molecule has 1 aromatic carbocycles. The molecule has 1 amide bonds. The van der Waals surface area contributed by atoms with Crippen LogP contribution in [0.2, 0.25) is 5.02 Å². The number of nitrogens with zero attached hydrogens (tertiary/aromatic N) is 4. The van der Waals surface area contributed by atoms with Gasteiger partial charge in [-0.25, -0.2) is 0 Å². The molecule has 0 fully saturated rings. The molecule has 0 aliphatic rings. The lowest BCUT2D eigenvalue weighted by atomic mass is 10.2. The van der Waals surface area contributed by atoms with Crippen molar-refractivity contribution in [2.45, 2.75) is 25.0 Å². The fraction of sp³-hybridized carbons (Fsp3) is 0.263. The third-order valence-corrected chi connectivity index (χ3v) is 5.13. The molecule has 0 saturated carbocycles. The first-order chi connectivity index (χ1) is 13.6. The van der Waals surface area contributed by atoms with Gasteiger partial charge in [0.05, 0.1) is 17.9 Å². The van der Waals surface area contributed by atoms with Crippen molar-refractivity contribution < 1.29 is 9.53 Å². The molecule has 0 aliphatic carbocycles. The molecule has 0 radical (unpaired) electrons. The summed E-state index contributed by atoms with van der Waals surface area (Å²) in [5.74, 6) is 1.39. The smallest absolute Gasteiger partial charge is 0.234 e. The average molecular weight is 418 g/mol. The van der Waals surface area contributed by atoms with Gasteiger partial charge in [0.25, 0.3) is 0 Å². The van der Waals surface area contributed by atoms with Crippen molar-refractivity contribution in [1.82, 2.24) is 19.7 Å². The Morgan fingerprint density at radius 2 is 2.04 bits per heavy atom. The van der Waals surface area contributed by atoms with Gasteiger partial charge in [0, 0.05) is 30.2 Å². The summed E-state index contributed by atoms with van der Waals surface area (Å²) in [6.45, 7) is 2.85. The summed E-state index contributed by atoms with van der Waals surface area (Å²) in [4.78, 5) is 16.4. The number of anilines is 1. The first-order valence-electron chi connectivity index (χ1n) is 8.72. The first-order valence-corrected chi connectivity index (χ1v) is 10.1. The van der Waals surface area contributed by atoms with Crippen LogP contribution in [0.3, 0.4) is 0 Å². The highest BCUT2D eigenvalue weighted by Crippen LogP contribution is 2.28. The summed E-state index contributed by atoms with van der Waals surface area (Å²) in [5, 5.41) is 12.5. The van der Waals surface area contributed by atoms with Crippen molar-refractivity contribution in [2.24, 2.45) is 0 Å². The van der Waals surface area contributed by atoms with E-state index < -0.39 is 0 Å². The number of aromatic nitrogens is 4. The molecule has 0 atom stereocenters. The quantitative estimate of drug-likeness (QED) is 0.554. The van der Waals surface area contributed by atoms with Crippen molar-refractivity contribution >= 4 is 35.0 Å². The predicted octanol–water partition coefficient (Wildman–Crippen LogP) is 4.14. The molecule has 0 aliphatic heterocycles. The van der Waals surface area contributed by atoms with E-state index in [2.05, 4.69) is 27.4 Å². The number of halogens is 1. The molecular formula is C19H20ClN5O2S. The van der Waals surface area contributed by atoms with Crippen LogP contribution in [0.1, 0.15) is 13.3 Å². The Morgan fingerprint density at radius 1 is 1.25 bits per heavy atom. The zero-order chi connectivity index (χ0) is 19.9. The lowest BCUT2D eigenvalue weighted by molar-refractivity contribution is -0.113. The van der Waals surface area contributed by atoms with Crippen LogP contribution < -0.4 is 10.1 Å². The highest BCUT2D eigenvalue weighted by molar-refractivity contribution is 7.99. The van der Waals surface area contributed by atoms with Crippen molar-refractivity contribution in [3.05, 3.63) is 47.7 Å². The third kappa shape index (κ3) is 4.82. The van der Waals surface area contributed by atoms with Gasteiger partial charge in [0.1, 0.15) is 5.75 Å². The van der Waals surface area contributed by atoms with Crippen LogP contribution >= 0.6 is 23.4 Å². The van der Waals surface area contributed by atoms with E-state index in [-0.39, 0.29) is 11.7 Å². The van der Waals surface area contributed by atoms with Crippen molar-refractivity contribution in [1.29, 1.82) is 0 Å². The number of pyridine rings is 1. The maximum Gasteiger partial charge on any atom is 0.234 e. The summed E-state index contributed by atoms with van der Waals surface area (Å²) >= 11 is 7.44. The summed E-state index contributed by atoms with van der Waals surface area (Å²) in [7, 11) is 1.54. The fourth-order valence-corrected chi connectivity index (χ4v) is 3.63. The van der Waals surface area contributed by atoms with Crippen molar-refractivity contribution in [3.8, 4) is 17.1 Å². The third-order valence-electron chi connectivity index (χ3n) is 3.87. The van der Waals surface area contributed by atoms with Crippen LogP contribution in [0.4, 0.5) is 5.69 Å². The number of ether oxygens (including phenoxy) is 1. The van der Waals surface area contributed by atoms with Crippen LogP contribution in [0.5, 0.6) is 5.75 Å². The number of rotatable bonds is 8. The maximum absolute atomic E-state index is 12.3. The number of thioether (sulfide) groups is 1. The first kappa shape index (κ1) is 20.2. The lowest BCUT2D eigenvalue weighted by Crippen LogP contribution is -2.14. The van der Waals surface area contributed by atoms with Crippen molar-refractivity contribution in [2.75, 3.05) is 18.2 Å². The Kier molecular flexibility index (Phi) is 6.89. The lowest BCUT2D eigenvalue weighted by Gasteiger charge is -2.10. The van der Waals surface area contributed by atoms with E-state index in [0.29, 0.717) is 21.6 Å². The standard InChI is InChI=1S/C19H20ClN5O2S/c1-3-10-25-18(13-6-8-21-9-7-13)23-24-19(25)28-12-17(26)22-14-4-5-16(27-2)15(20)11-14/h4-9,11H,3,10,12H2,1-2H3,(H,22,26). The van der Waals surface area contributed by atoms with Gasteiger partial charge in [0.15, 0.2) is 11.0 Å². The van der Waals surface area contributed by atoms with Crippen LogP contribution in [0.25, 0.3) is 11.4 Å². The number of carbonyl (C=O) groups excluding carboxylic acids is 1. The van der Waals surface area contributed by atoms with Gasteiger partial charge in [-0.1, -0.05) is 30.3 Å². The normalized spacial score (nSPS) is 10.7. The molecule has 1 N–H and O–H groups in total. The van der Waals surface area contributed by atoms with Gasteiger partial charge >= 0.3 is 0 Å². The van der Waals surface area contributed by atoms with E-state index in [4.69, 9.17) is 16.3 Å². The largest absolute Gasteiger partial charge is 0.495 e. The minimum atomic E-state index is -0.150. The molecule has 7 nitrogen and oxygen atoms in total. The van der Waals surface area contributed by atoms with Crippen molar-refractivity contribution in [3.63, 3.8) is 0 Å². The zero-order valence-electron chi connectivity index (χ0n) is 15.6. The summed E-state index contributed by atoms with van der Waals surface area (Å²) in [6, 6.07) is 8.90. The van der Waals surface area contributed by atoms with E-state index in [1.54, 1.807) is 37.7 Å². The Bertz CT molecular complexity index is 949. The van der Waals surface area contributed by atoms with Gasteiger partial charge in [-0.2, -0.15) is 0 Å². The number of nitrogens with one attached hydrogen (secondary N) is 1. The highest BCUT2D eigenvalue weighted by Gasteiger charge is 2.15. The van der Waals surface area contributed by atoms with Crippen LogP contribution in [-0.2, 0) is 11.3 Å². The van der Waals surface area contributed by atoms with Gasteiger partial charge in [-0.3, -0.25) is 9.78 Å². The topological polar surface area (TPSA) is 81.9 Å². The number of amides is 1. The zero-order valence-corrected chi connectivity index (χ0v) is 17.1. The highest BCUT2D eigenvalue weighted by atomic mass is 35.5. The summed E-state index contributed by atoms with van der Waals surface area (Å²) < 4.78 is 7.14. The molecule has 28 heavy (non-hydrogen) atoms. The van der Waals surface area contributed by atoms with E-state index >= 15 is 0 Å². The number of hydrogen-bond acceptors (Lipinski definition) is 6. The number of benzene rings is 1. The minimum absolute atomic E-state index is 0.150. The molecule has 146 valence electrons. The Morgan fingerprint density at radius 3 is 2.71 bits per heavy atom. The van der Waals surface area contributed by atoms with E-state index in [1.807, 2.05) is 16.7 Å². The van der Waals surface area contributed by atoms with Crippen LogP contribution in [0, 0.1) is 0 Å². The van der Waals surface area contributed by atoms with E-state index in [1.165, 1.54) is 11.8 Å². The molecule has 9 heteroatoms. The molecule has 0 saturated heterocycles. The van der Waals surface area contributed by atoms with Gasteiger partial charge in [-0.05, 0) is 36.8 Å². The van der Waals surface area contributed by atoms with E-state index in [0.717, 1.165) is 24.4 Å². The average Bonchev–Trinajstić information content (AvgIpc) is 3.10. The molecule has 2 aromatic heterocycles. The van der Waals surface area contributed by atoms with E-state index in [9.17, 15) is 4.79 Å². The molecule has 3 aromatic rings. The van der Waals surface area contributed by atoms with Gasteiger partial charge in [-0.15, -0.1) is 10.2 Å². The molecule has 0 unspecified atom stereocenters. The Labute approximate surface area is 172 Å². The monoisotopic (exact) mass is 417 g/mol. The summed E-state index contributed by atoms with van der Waals surface area (Å²) in [6.07, 6.45) is 4.38. The Hall–Kier alpha value is -2.58. The molecule has 3 rings (SSSR count). The molecule has 0 bridgehead atoms. The fourth-order valence-electron chi connectivity index (χ4n) is 2.61. The predicted molar refractivity (Wildman–Crippen MR) is 111 cm³/mol. The van der Waals surface area contributed by atoms with Gasteiger partial charge < -0.3 is 14.6 Å². The molecule has 2 heterocycles. The second kappa shape index (κ2) is 9.57. The van der Waals surface area contributed by atoms with Gasteiger partial charge in [0.2, 0.25) is 5.91 Å². The maximum atomic E-state index is 12.3. The second-order valence-electron chi connectivity index (χ2n) is 5.88. The van der Waals surface area contributed by atoms with Crippen LogP contribution in [-0.4, -0.2) is 38.5 Å². The number of methoxy groups -OCH3 is 1. The number of hydrogen-bond donors (Lipinski definition) is 1. The second-order valence-corrected chi connectivity index (χ2v) is 7.23. The SMILES string of the molecule is CCCn1c(SCC(=O)Nc2ccc(OC)c(Cl)c2)nnc1-c1ccncc1.